The van der Waals surface area contributed by atoms with Gasteiger partial charge in [-0.15, -0.1) is 0 Å². The van der Waals surface area contributed by atoms with Gasteiger partial charge in [0.05, 0.1) is 22.0 Å². The van der Waals surface area contributed by atoms with E-state index in [4.69, 9.17) is 9.47 Å². The Hall–Kier alpha value is -2.22. The summed E-state index contributed by atoms with van der Waals surface area (Å²) in [5.74, 6) is 0.0195. The monoisotopic (exact) mass is 268 g/mol. The number of non-ortho nitro benzene ring substituents is 1. The van der Waals surface area contributed by atoms with Crippen LogP contribution in [-0.2, 0) is 4.74 Å². The van der Waals surface area contributed by atoms with Crippen LogP contribution in [0.1, 0.15) is 12.8 Å². The lowest BCUT2D eigenvalue weighted by Gasteiger charge is -2.11. The number of ether oxygens (including phenoxy) is 2. The zero-order valence-corrected chi connectivity index (χ0v) is 9.98. The Bertz CT molecular complexity index is 498. The molecular formula is C11H12N2O6. The summed E-state index contributed by atoms with van der Waals surface area (Å²) >= 11 is 0. The fourth-order valence-electron chi connectivity index (χ4n) is 1.84. The molecular weight excluding hydrogens is 256 g/mol. The van der Waals surface area contributed by atoms with E-state index in [1.165, 1.54) is 12.1 Å². The van der Waals surface area contributed by atoms with Crippen LogP contribution in [0.5, 0.6) is 5.75 Å². The third-order valence-corrected chi connectivity index (χ3v) is 2.80. The third kappa shape index (κ3) is 3.16. The van der Waals surface area contributed by atoms with Crippen LogP contribution in [0.25, 0.3) is 0 Å². The standard InChI is InChI=1S/C11H12N2O6/c14-12(15)8-3-4-11(10(6-8)13(16)17)19-7-9-2-1-5-18-9/h3-4,6,9H,1-2,5,7H2. The molecule has 0 spiro atoms. The van der Waals surface area contributed by atoms with Crippen LogP contribution in [0.3, 0.4) is 0 Å². The number of hydrogen-bond acceptors (Lipinski definition) is 6. The van der Waals surface area contributed by atoms with Crippen LogP contribution in [0.2, 0.25) is 0 Å². The predicted molar refractivity (Wildman–Crippen MR) is 64.2 cm³/mol. The molecule has 19 heavy (non-hydrogen) atoms. The maximum Gasteiger partial charge on any atom is 0.317 e. The molecule has 1 fully saturated rings. The van der Waals surface area contributed by atoms with E-state index in [-0.39, 0.29) is 24.1 Å². The molecule has 0 bridgehead atoms. The summed E-state index contributed by atoms with van der Waals surface area (Å²) in [7, 11) is 0. The summed E-state index contributed by atoms with van der Waals surface area (Å²) in [6, 6.07) is 3.31. The maximum absolute atomic E-state index is 10.9. The van der Waals surface area contributed by atoms with E-state index in [1.807, 2.05) is 0 Å². The van der Waals surface area contributed by atoms with E-state index < -0.39 is 15.5 Å². The van der Waals surface area contributed by atoms with Crippen molar-refractivity contribution < 1.29 is 19.3 Å². The number of nitro benzene ring substituents is 2. The van der Waals surface area contributed by atoms with E-state index in [9.17, 15) is 20.2 Å². The first-order valence-electron chi connectivity index (χ1n) is 5.75. The zero-order valence-electron chi connectivity index (χ0n) is 9.98. The number of rotatable bonds is 5. The lowest BCUT2D eigenvalue weighted by molar-refractivity contribution is -0.394. The number of nitro groups is 2. The van der Waals surface area contributed by atoms with E-state index in [0.717, 1.165) is 18.9 Å². The molecule has 0 aromatic heterocycles. The average molecular weight is 268 g/mol. The summed E-state index contributed by atoms with van der Waals surface area (Å²) in [5.41, 5.74) is -0.747. The molecule has 1 heterocycles. The molecule has 8 heteroatoms. The number of benzene rings is 1. The second-order valence-corrected chi connectivity index (χ2v) is 4.11. The van der Waals surface area contributed by atoms with E-state index >= 15 is 0 Å². The van der Waals surface area contributed by atoms with Crippen LogP contribution in [0.4, 0.5) is 11.4 Å². The zero-order chi connectivity index (χ0) is 13.8. The van der Waals surface area contributed by atoms with Crippen molar-refractivity contribution in [3.05, 3.63) is 38.4 Å². The molecule has 2 rings (SSSR count). The van der Waals surface area contributed by atoms with Crippen LogP contribution in [0, 0.1) is 20.2 Å². The Kier molecular flexibility index (Phi) is 3.91. The molecule has 8 nitrogen and oxygen atoms in total. The Morgan fingerprint density at radius 1 is 1.32 bits per heavy atom. The Morgan fingerprint density at radius 2 is 2.11 bits per heavy atom. The highest BCUT2D eigenvalue weighted by Gasteiger charge is 2.22. The minimum absolute atomic E-state index is 0.0195. The minimum Gasteiger partial charge on any atom is -0.484 e. The molecule has 0 N–H and O–H groups in total. The Labute approximate surface area is 108 Å². The van der Waals surface area contributed by atoms with E-state index in [1.54, 1.807) is 0 Å². The molecule has 1 aliphatic rings. The predicted octanol–water partition coefficient (Wildman–Crippen LogP) is 2.06. The molecule has 1 unspecified atom stereocenters. The van der Waals surface area contributed by atoms with Crippen LogP contribution in [-0.4, -0.2) is 29.2 Å². The van der Waals surface area contributed by atoms with Gasteiger partial charge in [0, 0.05) is 12.7 Å². The SMILES string of the molecule is O=[N+]([O-])c1ccc(OCC2CCCO2)c([N+](=O)[O-])c1. The first-order valence-corrected chi connectivity index (χ1v) is 5.75. The van der Waals surface area contributed by atoms with Gasteiger partial charge in [-0.25, -0.2) is 0 Å². The van der Waals surface area contributed by atoms with Gasteiger partial charge in [0.25, 0.3) is 5.69 Å². The molecule has 1 aliphatic heterocycles. The van der Waals surface area contributed by atoms with Crippen molar-refractivity contribution in [2.75, 3.05) is 13.2 Å². The van der Waals surface area contributed by atoms with Crippen LogP contribution < -0.4 is 4.74 Å². The van der Waals surface area contributed by atoms with Gasteiger partial charge in [0.1, 0.15) is 6.61 Å². The maximum atomic E-state index is 10.9. The first kappa shape index (κ1) is 13.2. The molecule has 102 valence electrons. The number of hydrogen-bond donors (Lipinski definition) is 0. The van der Waals surface area contributed by atoms with Gasteiger partial charge in [-0.05, 0) is 18.9 Å². The molecule has 1 atom stereocenters. The Morgan fingerprint density at radius 3 is 2.68 bits per heavy atom. The minimum atomic E-state index is -0.697. The lowest BCUT2D eigenvalue weighted by atomic mass is 10.2. The topological polar surface area (TPSA) is 105 Å². The molecule has 0 amide bonds. The highest BCUT2D eigenvalue weighted by molar-refractivity contribution is 5.53. The number of nitrogens with zero attached hydrogens (tertiary/aromatic N) is 2. The van der Waals surface area contributed by atoms with Crippen LogP contribution >= 0.6 is 0 Å². The third-order valence-electron chi connectivity index (χ3n) is 2.80. The van der Waals surface area contributed by atoms with Gasteiger partial charge in [-0.1, -0.05) is 0 Å². The van der Waals surface area contributed by atoms with Gasteiger partial charge in [0.15, 0.2) is 5.75 Å². The van der Waals surface area contributed by atoms with Gasteiger partial charge >= 0.3 is 5.69 Å². The smallest absolute Gasteiger partial charge is 0.317 e. The molecule has 0 radical (unpaired) electrons. The fraction of sp³-hybridized carbons (Fsp3) is 0.455. The van der Waals surface area contributed by atoms with Crippen LogP contribution in [0.15, 0.2) is 18.2 Å². The summed E-state index contributed by atoms with van der Waals surface area (Å²) in [5, 5.41) is 21.4. The van der Waals surface area contributed by atoms with E-state index in [2.05, 4.69) is 0 Å². The Balaban J connectivity index is 2.14. The van der Waals surface area contributed by atoms with Crippen molar-refractivity contribution in [2.45, 2.75) is 18.9 Å². The van der Waals surface area contributed by atoms with Crippen molar-refractivity contribution in [2.24, 2.45) is 0 Å². The normalized spacial score (nSPS) is 18.2. The van der Waals surface area contributed by atoms with Gasteiger partial charge < -0.3 is 9.47 Å². The first-order chi connectivity index (χ1) is 9.08. The average Bonchev–Trinajstić information content (AvgIpc) is 2.89. The van der Waals surface area contributed by atoms with Crippen molar-refractivity contribution in [1.29, 1.82) is 0 Å². The van der Waals surface area contributed by atoms with Gasteiger partial charge in [-0.2, -0.15) is 0 Å². The van der Waals surface area contributed by atoms with Gasteiger partial charge in [0.2, 0.25) is 0 Å². The molecule has 0 saturated carbocycles. The van der Waals surface area contributed by atoms with E-state index in [0.29, 0.717) is 6.61 Å². The highest BCUT2D eigenvalue weighted by Crippen LogP contribution is 2.31. The highest BCUT2D eigenvalue weighted by atomic mass is 16.6. The summed E-state index contributed by atoms with van der Waals surface area (Å²) in [4.78, 5) is 20.1. The van der Waals surface area contributed by atoms with Crippen molar-refractivity contribution in [3.63, 3.8) is 0 Å². The van der Waals surface area contributed by atoms with Crippen molar-refractivity contribution >= 4 is 11.4 Å². The quantitative estimate of drug-likeness (QED) is 0.597. The van der Waals surface area contributed by atoms with Crippen molar-refractivity contribution in [3.8, 4) is 5.75 Å². The summed E-state index contributed by atoms with van der Waals surface area (Å²) < 4.78 is 10.7. The fourth-order valence-corrected chi connectivity index (χ4v) is 1.84. The summed E-state index contributed by atoms with van der Waals surface area (Å²) in [6.45, 7) is 0.870. The van der Waals surface area contributed by atoms with Gasteiger partial charge in [-0.3, -0.25) is 20.2 Å². The lowest BCUT2D eigenvalue weighted by Crippen LogP contribution is -2.16. The summed E-state index contributed by atoms with van der Waals surface area (Å²) in [6.07, 6.45) is 1.71. The second-order valence-electron chi connectivity index (χ2n) is 4.11. The molecule has 0 aliphatic carbocycles. The molecule has 1 saturated heterocycles. The largest absolute Gasteiger partial charge is 0.484 e. The molecule has 1 aromatic carbocycles. The van der Waals surface area contributed by atoms with Crippen molar-refractivity contribution in [1.82, 2.24) is 0 Å². The molecule has 1 aromatic rings. The second kappa shape index (κ2) is 5.61.